The molecular weight excluding hydrogens is 264 g/mol. The number of piperazine rings is 1. The van der Waals surface area contributed by atoms with E-state index in [0.717, 1.165) is 18.8 Å². The molecule has 1 amide bonds. The predicted octanol–water partition coefficient (Wildman–Crippen LogP) is 1.43. The summed E-state index contributed by atoms with van der Waals surface area (Å²) in [7, 11) is 0. The summed E-state index contributed by atoms with van der Waals surface area (Å²) in [5, 5.41) is 0. The van der Waals surface area contributed by atoms with Crippen molar-refractivity contribution in [1.29, 1.82) is 0 Å². The van der Waals surface area contributed by atoms with Crippen molar-refractivity contribution in [2.45, 2.75) is 38.3 Å². The lowest BCUT2D eigenvalue weighted by atomic mass is 9.96. The van der Waals surface area contributed by atoms with Crippen LogP contribution in [0.5, 0.6) is 0 Å². The van der Waals surface area contributed by atoms with Gasteiger partial charge >= 0.3 is 0 Å². The maximum Gasteiger partial charge on any atom is 0.250 e. The Labute approximate surface area is 125 Å². The minimum atomic E-state index is -0.407. The molecule has 4 N–H and O–H groups in total. The van der Waals surface area contributed by atoms with E-state index in [2.05, 4.69) is 16.7 Å². The van der Waals surface area contributed by atoms with Crippen molar-refractivity contribution < 1.29 is 4.79 Å². The first-order valence-electron chi connectivity index (χ1n) is 7.76. The van der Waals surface area contributed by atoms with E-state index in [1.807, 2.05) is 12.1 Å². The molecule has 2 saturated heterocycles. The van der Waals surface area contributed by atoms with Crippen molar-refractivity contribution in [2.75, 3.05) is 30.3 Å². The number of hydrogen-bond donors (Lipinski definition) is 2. The Hall–Kier alpha value is -1.75. The van der Waals surface area contributed by atoms with Gasteiger partial charge in [0.05, 0.1) is 5.56 Å². The normalized spacial score (nSPS) is 26.4. The van der Waals surface area contributed by atoms with Crippen LogP contribution in [0, 0.1) is 0 Å². The molecule has 0 spiro atoms. The molecule has 2 heterocycles. The lowest BCUT2D eigenvalue weighted by molar-refractivity contribution is 0.0997. The Morgan fingerprint density at radius 2 is 2.10 bits per heavy atom. The first kappa shape index (κ1) is 14.2. The number of primary amides is 1. The molecule has 0 saturated carbocycles. The van der Waals surface area contributed by atoms with Crippen molar-refractivity contribution in [3.63, 3.8) is 0 Å². The molecule has 0 aliphatic carbocycles. The van der Waals surface area contributed by atoms with Gasteiger partial charge in [-0.1, -0.05) is 6.42 Å². The molecule has 1 aromatic rings. The van der Waals surface area contributed by atoms with Crippen LogP contribution in [0.15, 0.2) is 18.2 Å². The summed E-state index contributed by atoms with van der Waals surface area (Å²) in [5.74, 6) is -0.407. The van der Waals surface area contributed by atoms with Crippen molar-refractivity contribution in [3.8, 4) is 0 Å². The molecule has 114 valence electrons. The van der Waals surface area contributed by atoms with Crippen LogP contribution in [0.25, 0.3) is 0 Å². The van der Waals surface area contributed by atoms with E-state index < -0.39 is 5.91 Å². The quantitative estimate of drug-likeness (QED) is 0.807. The molecule has 2 aliphatic rings. The van der Waals surface area contributed by atoms with Gasteiger partial charge < -0.3 is 16.4 Å². The number of nitrogens with two attached hydrogens (primary N) is 2. The highest BCUT2D eigenvalue weighted by molar-refractivity contribution is 5.99. The van der Waals surface area contributed by atoms with Gasteiger partial charge in [0.1, 0.15) is 0 Å². The highest BCUT2D eigenvalue weighted by Gasteiger charge is 2.34. The number of nitrogen functional groups attached to an aromatic ring is 1. The molecule has 2 unspecified atom stereocenters. The van der Waals surface area contributed by atoms with Gasteiger partial charge in [-0.15, -0.1) is 0 Å². The molecule has 3 rings (SSSR count). The Bertz CT molecular complexity index is 545. The maximum atomic E-state index is 11.7. The Morgan fingerprint density at radius 1 is 1.29 bits per heavy atom. The third-order valence-electron chi connectivity index (χ3n) is 4.78. The van der Waals surface area contributed by atoms with Crippen LogP contribution in [-0.2, 0) is 0 Å². The largest absolute Gasteiger partial charge is 0.399 e. The van der Waals surface area contributed by atoms with Gasteiger partial charge in [0.25, 0.3) is 5.91 Å². The zero-order chi connectivity index (χ0) is 15.0. The van der Waals surface area contributed by atoms with Gasteiger partial charge in [-0.25, -0.2) is 0 Å². The molecule has 2 atom stereocenters. The highest BCUT2D eigenvalue weighted by atomic mass is 16.1. The first-order valence-corrected chi connectivity index (χ1v) is 7.76. The van der Waals surface area contributed by atoms with Crippen molar-refractivity contribution in [1.82, 2.24) is 4.90 Å². The van der Waals surface area contributed by atoms with Crippen molar-refractivity contribution >= 4 is 17.3 Å². The van der Waals surface area contributed by atoms with Crippen LogP contribution < -0.4 is 16.4 Å². The van der Waals surface area contributed by atoms with Crippen LogP contribution in [0.4, 0.5) is 11.4 Å². The summed E-state index contributed by atoms with van der Waals surface area (Å²) in [5.41, 5.74) is 13.4. The lowest BCUT2D eigenvalue weighted by Crippen LogP contribution is -2.59. The third-order valence-corrected chi connectivity index (χ3v) is 4.78. The topological polar surface area (TPSA) is 75.6 Å². The monoisotopic (exact) mass is 288 g/mol. The smallest absolute Gasteiger partial charge is 0.250 e. The summed E-state index contributed by atoms with van der Waals surface area (Å²) < 4.78 is 0. The molecule has 0 aromatic heterocycles. The van der Waals surface area contributed by atoms with Crippen molar-refractivity contribution in [2.24, 2.45) is 5.73 Å². The summed E-state index contributed by atoms with van der Waals surface area (Å²) in [4.78, 5) is 16.7. The fraction of sp³-hybridized carbons (Fsp3) is 0.562. The number of amides is 1. The number of rotatable bonds is 2. The Morgan fingerprint density at radius 3 is 2.86 bits per heavy atom. The third kappa shape index (κ3) is 2.70. The Balaban J connectivity index is 1.91. The number of benzene rings is 1. The molecule has 5 nitrogen and oxygen atoms in total. The first-order chi connectivity index (χ1) is 10.1. The second kappa shape index (κ2) is 5.56. The number of fused-ring (bicyclic) bond motifs is 1. The van der Waals surface area contributed by atoms with Gasteiger partial charge in [0.15, 0.2) is 0 Å². The van der Waals surface area contributed by atoms with Gasteiger partial charge in [0, 0.05) is 36.5 Å². The van der Waals surface area contributed by atoms with Gasteiger partial charge in [-0.2, -0.15) is 0 Å². The summed E-state index contributed by atoms with van der Waals surface area (Å²) in [6.07, 6.45) is 3.84. The zero-order valence-corrected chi connectivity index (χ0v) is 12.6. The van der Waals surface area contributed by atoms with E-state index in [0.29, 0.717) is 23.3 Å². The van der Waals surface area contributed by atoms with Gasteiger partial charge in [-0.3, -0.25) is 9.69 Å². The molecule has 21 heavy (non-hydrogen) atoms. The summed E-state index contributed by atoms with van der Waals surface area (Å²) >= 11 is 0. The molecule has 2 fully saturated rings. The van der Waals surface area contributed by atoms with Crippen LogP contribution in [0.2, 0.25) is 0 Å². The second-order valence-corrected chi connectivity index (χ2v) is 6.29. The molecular formula is C16H24N4O. The maximum absolute atomic E-state index is 11.7. The number of piperidine rings is 1. The molecule has 0 bridgehead atoms. The SMILES string of the molecule is CC1CN2CCCCC2CN1c1ccc(N)cc1C(N)=O. The fourth-order valence-corrected chi connectivity index (χ4v) is 3.69. The van der Waals surface area contributed by atoms with Crippen molar-refractivity contribution in [3.05, 3.63) is 23.8 Å². The van der Waals surface area contributed by atoms with Gasteiger partial charge in [0.2, 0.25) is 0 Å². The number of anilines is 2. The van der Waals surface area contributed by atoms with Crippen LogP contribution in [0.1, 0.15) is 36.5 Å². The number of hydrogen-bond acceptors (Lipinski definition) is 4. The van der Waals surface area contributed by atoms with E-state index in [9.17, 15) is 4.79 Å². The van der Waals surface area contributed by atoms with E-state index in [1.165, 1.54) is 25.8 Å². The lowest BCUT2D eigenvalue weighted by Gasteiger charge is -2.48. The van der Waals surface area contributed by atoms with E-state index in [4.69, 9.17) is 11.5 Å². The predicted molar refractivity (Wildman–Crippen MR) is 85.4 cm³/mol. The standard InChI is InChI=1S/C16H24N4O/c1-11-9-19-7-3-2-4-13(19)10-20(11)15-6-5-12(17)8-14(15)16(18)21/h5-6,8,11,13H,2-4,7,9-10,17H2,1H3,(H2,18,21). The highest BCUT2D eigenvalue weighted by Crippen LogP contribution is 2.31. The average molecular weight is 288 g/mol. The van der Waals surface area contributed by atoms with Crippen LogP contribution in [0.3, 0.4) is 0 Å². The molecule has 1 aromatic carbocycles. The van der Waals surface area contributed by atoms with Crippen LogP contribution >= 0.6 is 0 Å². The average Bonchev–Trinajstić information content (AvgIpc) is 2.46. The number of carbonyl (C=O) groups is 1. The number of carbonyl (C=O) groups excluding carboxylic acids is 1. The molecule has 0 radical (unpaired) electrons. The second-order valence-electron chi connectivity index (χ2n) is 6.29. The molecule has 5 heteroatoms. The van der Waals surface area contributed by atoms with E-state index >= 15 is 0 Å². The van der Waals surface area contributed by atoms with Gasteiger partial charge in [-0.05, 0) is 44.5 Å². The minimum Gasteiger partial charge on any atom is -0.399 e. The summed E-state index contributed by atoms with van der Waals surface area (Å²) in [6, 6.07) is 6.44. The molecule has 2 aliphatic heterocycles. The van der Waals surface area contributed by atoms with Crippen LogP contribution in [-0.4, -0.2) is 42.5 Å². The zero-order valence-electron chi connectivity index (χ0n) is 12.6. The van der Waals surface area contributed by atoms with E-state index in [1.54, 1.807) is 6.07 Å². The Kier molecular flexibility index (Phi) is 3.76. The minimum absolute atomic E-state index is 0.376. The number of nitrogens with zero attached hydrogens (tertiary/aromatic N) is 2. The fourth-order valence-electron chi connectivity index (χ4n) is 3.69. The van der Waals surface area contributed by atoms with E-state index in [-0.39, 0.29) is 0 Å². The summed E-state index contributed by atoms with van der Waals surface area (Å²) in [6.45, 7) is 5.43.